The van der Waals surface area contributed by atoms with Crippen LogP contribution >= 0.6 is 0 Å². The van der Waals surface area contributed by atoms with Gasteiger partial charge in [0.25, 0.3) is 10.0 Å². The lowest BCUT2D eigenvalue weighted by atomic mass is 10.2. The van der Waals surface area contributed by atoms with Gasteiger partial charge >= 0.3 is 0 Å². The van der Waals surface area contributed by atoms with Gasteiger partial charge in [-0.3, -0.25) is 9.71 Å². The summed E-state index contributed by atoms with van der Waals surface area (Å²) < 4.78 is 44.6. The standard InChI is InChI=1S/C13H10FN3O3S/c1-20-13-4-9(6-15)2-3-12(13)17-21(18,19)11-5-10(14)7-16-8-11/h2-5,7-8,17H,1H3. The zero-order valence-electron chi connectivity index (χ0n) is 10.9. The number of hydrogen-bond donors (Lipinski definition) is 1. The zero-order valence-corrected chi connectivity index (χ0v) is 11.7. The number of halogens is 1. The Balaban J connectivity index is 2.40. The molecule has 0 amide bonds. The van der Waals surface area contributed by atoms with Gasteiger partial charge < -0.3 is 4.74 Å². The molecular formula is C13H10FN3O3S. The molecule has 2 aromatic rings. The normalized spacial score (nSPS) is 10.7. The van der Waals surface area contributed by atoms with Crippen molar-refractivity contribution >= 4 is 15.7 Å². The molecule has 1 heterocycles. The van der Waals surface area contributed by atoms with Crippen LogP contribution in [-0.4, -0.2) is 20.5 Å². The minimum Gasteiger partial charge on any atom is -0.495 e. The second-order valence-corrected chi connectivity index (χ2v) is 5.65. The molecule has 2 rings (SSSR count). The van der Waals surface area contributed by atoms with E-state index in [4.69, 9.17) is 10.00 Å². The van der Waals surface area contributed by atoms with Crippen molar-refractivity contribution in [3.63, 3.8) is 0 Å². The van der Waals surface area contributed by atoms with Crippen molar-refractivity contribution in [2.45, 2.75) is 4.90 Å². The quantitative estimate of drug-likeness (QED) is 0.931. The Kier molecular flexibility index (Phi) is 4.05. The number of ether oxygens (including phenoxy) is 1. The largest absolute Gasteiger partial charge is 0.495 e. The Bertz CT molecular complexity index is 816. The summed E-state index contributed by atoms with van der Waals surface area (Å²) in [5, 5.41) is 8.80. The van der Waals surface area contributed by atoms with Crippen molar-refractivity contribution in [2.75, 3.05) is 11.8 Å². The summed E-state index contributed by atoms with van der Waals surface area (Å²) >= 11 is 0. The van der Waals surface area contributed by atoms with E-state index in [2.05, 4.69) is 9.71 Å². The summed E-state index contributed by atoms with van der Waals surface area (Å²) in [6.07, 6.45) is 1.93. The molecule has 0 radical (unpaired) electrons. The molecule has 0 aliphatic carbocycles. The van der Waals surface area contributed by atoms with Gasteiger partial charge in [-0.15, -0.1) is 0 Å². The number of benzene rings is 1. The summed E-state index contributed by atoms with van der Waals surface area (Å²) in [5.41, 5.74) is 0.461. The number of nitrogens with zero attached hydrogens (tertiary/aromatic N) is 2. The van der Waals surface area contributed by atoms with E-state index in [1.807, 2.05) is 6.07 Å². The van der Waals surface area contributed by atoms with E-state index >= 15 is 0 Å². The van der Waals surface area contributed by atoms with Crippen LogP contribution in [0.25, 0.3) is 0 Å². The van der Waals surface area contributed by atoms with Crippen LogP contribution in [0.2, 0.25) is 0 Å². The maximum Gasteiger partial charge on any atom is 0.263 e. The Morgan fingerprint density at radius 2 is 2.10 bits per heavy atom. The molecule has 0 unspecified atom stereocenters. The molecule has 0 aliphatic rings. The van der Waals surface area contributed by atoms with Crippen molar-refractivity contribution in [3.8, 4) is 11.8 Å². The van der Waals surface area contributed by atoms with Gasteiger partial charge in [0, 0.05) is 12.3 Å². The summed E-state index contributed by atoms with van der Waals surface area (Å²) in [6.45, 7) is 0. The summed E-state index contributed by atoms with van der Waals surface area (Å²) in [7, 11) is -2.66. The lowest BCUT2D eigenvalue weighted by Gasteiger charge is -2.11. The van der Waals surface area contributed by atoms with Crippen LogP contribution in [0.5, 0.6) is 5.75 Å². The fourth-order valence-electron chi connectivity index (χ4n) is 1.59. The van der Waals surface area contributed by atoms with Gasteiger partial charge in [-0.1, -0.05) is 0 Å². The van der Waals surface area contributed by atoms with E-state index in [-0.39, 0.29) is 16.3 Å². The second kappa shape index (κ2) is 5.76. The first kappa shape index (κ1) is 14.7. The highest BCUT2D eigenvalue weighted by atomic mass is 32.2. The van der Waals surface area contributed by atoms with Crippen LogP contribution in [0.3, 0.4) is 0 Å². The number of nitriles is 1. The number of sulfonamides is 1. The predicted octanol–water partition coefficient (Wildman–Crippen LogP) is 1.90. The van der Waals surface area contributed by atoms with Gasteiger partial charge in [0.15, 0.2) is 0 Å². The summed E-state index contributed by atoms with van der Waals surface area (Å²) in [6, 6.07) is 6.98. The van der Waals surface area contributed by atoms with Gasteiger partial charge in [0.2, 0.25) is 0 Å². The van der Waals surface area contributed by atoms with Gasteiger partial charge in [0.1, 0.15) is 16.5 Å². The highest BCUT2D eigenvalue weighted by Crippen LogP contribution is 2.27. The SMILES string of the molecule is COc1cc(C#N)ccc1NS(=O)(=O)c1cncc(F)c1. The third-order valence-electron chi connectivity index (χ3n) is 2.57. The fourth-order valence-corrected chi connectivity index (χ4v) is 2.63. The Morgan fingerprint density at radius 1 is 1.33 bits per heavy atom. The first-order valence-electron chi connectivity index (χ1n) is 5.68. The molecular weight excluding hydrogens is 297 g/mol. The van der Waals surface area contributed by atoms with E-state index < -0.39 is 15.8 Å². The number of aromatic nitrogens is 1. The molecule has 0 atom stereocenters. The molecule has 0 bridgehead atoms. The van der Waals surface area contributed by atoms with E-state index in [0.717, 1.165) is 18.5 Å². The van der Waals surface area contributed by atoms with Crippen LogP contribution < -0.4 is 9.46 Å². The van der Waals surface area contributed by atoms with Crippen molar-refractivity contribution in [1.29, 1.82) is 5.26 Å². The fraction of sp³-hybridized carbons (Fsp3) is 0.0769. The second-order valence-electron chi connectivity index (χ2n) is 3.97. The Labute approximate surface area is 120 Å². The molecule has 21 heavy (non-hydrogen) atoms. The molecule has 108 valence electrons. The molecule has 0 fully saturated rings. The number of rotatable bonds is 4. The maximum atomic E-state index is 13.1. The molecule has 0 saturated carbocycles. The highest BCUT2D eigenvalue weighted by molar-refractivity contribution is 7.92. The number of methoxy groups -OCH3 is 1. The third-order valence-corrected chi connectivity index (χ3v) is 3.90. The van der Waals surface area contributed by atoms with Crippen LogP contribution in [-0.2, 0) is 10.0 Å². The average molecular weight is 307 g/mol. The van der Waals surface area contributed by atoms with E-state index in [0.29, 0.717) is 5.56 Å². The number of hydrogen-bond acceptors (Lipinski definition) is 5. The van der Waals surface area contributed by atoms with Crippen LogP contribution in [0, 0.1) is 17.1 Å². The van der Waals surface area contributed by atoms with Crippen molar-refractivity contribution in [2.24, 2.45) is 0 Å². The molecule has 0 aliphatic heterocycles. The molecule has 8 heteroatoms. The smallest absolute Gasteiger partial charge is 0.263 e. The Hall–Kier alpha value is -2.66. The van der Waals surface area contributed by atoms with Gasteiger partial charge in [0.05, 0.1) is 30.6 Å². The molecule has 1 aromatic carbocycles. The Morgan fingerprint density at radius 3 is 2.71 bits per heavy atom. The minimum atomic E-state index is -4.00. The predicted molar refractivity (Wildman–Crippen MR) is 72.7 cm³/mol. The van der Waals surface area contributed by atoms with E-state index in [1.54, 1.807) is 0 Å². The molecule has 1 aromatic heterocycles. The van der Waals surface area contributed by atoms with E-state index in [1.165, 1.54) is 25.3 Å². The molecule has 0 saturated heterocycles. The lowest BCUT2D eigenvalue weighted by Crippen LogP contribution is -2.14. The van der Waals surface area contributed by atoms with Crippen molar-refractivity contribution in [1.82, 2.24) is 4.98 Å². The van der Waals surface area contributed by atoms with Gasteiger partial charge in [-0.05, 0) is 18.2 Å². The number of nitrogens with one attached hydrogen (secondary N) is 1. The summed E-state index contributed by atoms with van der Waals surface area (Å²) in [5.74, 6) is -0.577. The third kappa shape index (κ3) is 3.27. The van der Waals surface area contributed by atoms with Crippen LogP contribution in [0.4, 0.5) is 10.1 Å². The van der Waals surface area contributed by atoms with Gasteiger partial charge in [-0.2, -0.15) is 5.26 Å². The van der Waals surface area contributed by atoms with E-state index in [9.17, 15) is 12.8 Å². The van der Waals surface area contributed by atoms with Gasteiger partial charge in [-0.25, -0.2) is 12.8 Å². The first-order chi connectivity index (χ1) is 9.96. The van der Waals surface area contributed by atoms with Crippen molar-refractivity contribution in [3.05, 3.63) is 48.0 Å². The molecule has 0 spiro atoms. The average Bonchev–Trinajstić information content (AvgIpc) is 2.47. The van der Waals surface area contributed by atoms with Crippen molar-refractivity contribution < 1.29 is 17.5 Å². The first-order valence-corrected chi connectivity index (χ1v) is 7.16. The molecule has 1 N–H and O–H groups in total. The summed E-state index contributed by atoms with van der Waals surface area (Å²) in [4.78, 5) is 3.18. The maximum absolute atomic E-state index is 13.1. The van der Waals surface area contributed by atoms with Crippen LogP contribution in [0.1, 0.15) is 5.56 Å². The highest BCUT2D eigenvalue weighted by Gasteiger charge is 2.18. The zero-order chi connectivity index (χ0) is 15.5. The minimum absolute atomic E-state index is 0.140. The lowest BCUT2D eigenvalue weighted by molar-refractivity contribution is 0.416. The molecule has 6 nitrogen and oxygen atoms in total. The number of anilines is 1. The van der Waals surface area contributed by atoms with Crippen LogP contribution in [0.15, 0.2) is 41.6 Å². The monoisotopic (exact) mass is 307 g/mol. The number of pyridine rings is 1. The topological polar surface area (TPSA) is 92.1 Å².